The Hall–Kier alpha value is -2.62. The Morgan fingerprint density at radius 1 is 1.00 bits per heavy atom. The third kappa shape index (κ3) is 2.28. The molecule has 0 bridgehead atoms. The fourth-order valence-corrected chi connectivity index (χ4v) is 2.16. The van der Waals surface area contributed by atoms with E-state index in [1.165, 1.54) is 12.1 Å². The largest absolute Gasteiger partial charge is 0.508 e. The molecule has 20 heavy (non-hydrogen) atoms. The second kappa shape index (κ2) is 4.81. The fraction of sp³-hybridized carbons (Fsp3) is 0.0625. The number of benzene rings is 2. The first-order valence-corrected chi connectivity index (χ1v) is 6.23. The summed E-state index contributed by atoms with van der Waals surface area (Å²) in [5, 5.41) is 13.7. The number of aromatic nitrogens is 2. The molecule has 3 aromatic rings. The lowest BCUT2D eigenvalue weighted by Gasteiger charge is -2.00. The number of halogens is 1. The smallest absolute Gasteiger partial charge is 0.123 e. The molecule has 0 saturated carbocycles. The van der Waals surface area contributed by atoms with Crippen molar-refractivity contribution in [2.45, 2.75) is 0 Å². The van der Waals surface area contributed by atoms with Gasteiger partial charge in [-0.25, -0.2) is 4.39 Å². The van der Waals surface area contributed by atoms with Crippen LogP contribution in [0.2, 0.25) is 0 Å². The molecule has 1 aromatic heterocycles. The van der Waals surface area contributed by atoms with Gasteiger partial charge in [0.25, 0.3) is 0 Å². The van der Waals surface area contributed by atoms with Gasteiger partial charge in [-0.3, -0.25) is 4.68 Å². The zero-order valence-electron chi connectivity index (χ0n) is 10.9. The van der Waals surface area contributed by atoms with Gasteiger partial charge in [0.15, 0.2) is 0 Å². The first-order valence-electron chi connectivity index (χ1n) is 6.23. The summed E-state index contributed by atoms with van der Waals surface area (Å²) in [7, 11) is 1.82. The molecule has 0 aliphatic rings. The summed E-state index contributed by atoms with van der Waals surface area (Å²) in [6.07, 6.45) is 0. The van der Waals surface area contributed by atoms with Gasteiger partial charge in [-0.2, -0.15) is 5.10 Å². The van der Waals surface area contributed by atoms with Crippen molar-refractivity contribution in [3.8, 4) is 28.3 Å². The number of hydrogen-bond donors (Lipinski definition) is 1. The molecular formula is C16H13FN2O. The quantitative estimate of drug-likeness (QED) is 0.771. The van der Waals surface area contributed by atoms with Crippen molar-refractivity contribution in [2.24, 2.45) is 7.05 Å². The highest BCUT2D eigenvalue weighted by atomic mass is 19.1. The maximum Gasteiger partial charge on any atom is 0.123 e. The van der Waals surface area contributed by atoms with Crippen molar-refractivity contribution in [3.63, 3.8) is 0 Å². The van der Waals surface area contributed by atoms with Crippen LogP contribution in [-0.2, 0) is 7.05 Å². The van der Waals surface area contributed by atoms with Crippen molar-refractivity contribution < 1.29 is 9.50 Å². The SMILES string of the molecule is Cn1nc(-c2ccc(O)cc2)cc1-c1cccc(F)c1. The van der Waals surface area contributed by atoms with Crippen LogP contribution in [-0.4, -0.2) is 14.9 Å². The predicted molar refractivity (Wildman–Crippen MR) is 75.7 cm³/mol. The van der Waals surface area contributed by atoms with Crippen molar-refractivity contribution in [1.29, 1.82) is 0 Å². The Morgan fingerprint density at radius 2 is 1.75 bits per heavy atom. The minimum absolute atomic E-state index is 0.218. The van der Waals surface area contributed by atoms with Gasteiger partial charge in [0.05, 0.1) is 11.4 Å². The minimum atomic E-state index is -0.269. The summed E-state index contributed by atoms with van der Waals surface area (Å²) in [6, 6.07) is 15.2. The highest BCUT2D eigenvalue weighted by Gasteiger charge is 2.09. The standard InChI is InChI=1S/C16H13FN2O/c1-19-16(12-3-2-4-13(17)9-12)10-15(18-19)11-5-7-14(20)8-6-11/h2-10,20H,1H3. The molecule has 1 N–H and O–H groups in total. The Labute approximate surface area is 115 Å². The Balaban J connectivity index is 2.05. The number of phenols is 1. The van der Waals surface area contributed by atoms with Crippen molar-refractivity contribution in [1.82, 2.24) is 9.78 Å². The Kier molecular flexibility index (Phi) is 2.99. The van der Waals surface area contributed by atoms with Crippen LogP contribution in [0.4, 0.5) is 4.39 Å². The third-order valence-corrected chi connectivity index (χ3v) is 3.16. The molecule has 0 fully saturated rings. The van der Waals surface area contributed by atoms with Crippen LogP contribution in [0.1, 0.15) is 0 Å². The van der Waals surface area contributed by atoms with E-state index in [1.54, 1.807) is 35.0 Å². The number of aromatic hydroxyl groups is 1. The third-order valence-electron chi connectivity index (χ3n) is 3.16. The molecule has 0 aliphatic heterocycles. The Bertz CT molecular complexity index is 747. The van der Waals surface area contributed by atoms with Crippen molar-refractivity contribution >= 4 is 0 Å². The van der Waals surface area contributed by atoms with E-state index in [0.717, 1.165) is 22.5 Å². The van der Waals surface area contributed by atoms with E-state index in [2.05, 4.69) is 5.10 Å². The molecular weight excluding hydrogens is 255 g/mol. The fourth-order valence-electron chi connectivity index (χ4n) is 2.16. The topological polar surface area (TPSA) is 38.0 Å². The molecule has 0 spiro atoms. The van der Waals surface area contributed by atoms with E-state index < -0.39 is 0 Å². The van der Waals surface area contributed by atoms with Gasteiger partial charge in [0.2, 0.25) is 0 Å². The summed E-state index contributed by atoms with van der Waals surface area (Å²) in [5.41, 5.74) is 3.31. The average molecular weight is 268 g/mol. The second-order valence-electron chi connectivity index (χ2n) is 4.60. The molecule has 0 aliphatic carbocycles. The van der Waals surface area contributed by atoms with Gasteiger partial charge in [-0.15, -0.1) is 0 Å². The molecule has 1 heterocycles. The van der Waals surface area contributed by atoms with Crippen LogP contribution in [0.25, 0.3) is 22.5 Å². The van der Waals surface area contributed by atoms with Gasteiger partial charge < -0.3 is 5.11 Å². The van der Waals surface area contributed by atoms with E-state index in [0.29, 0.717) is 0 Å². The van der Waals surface area contributed by atoms with Crippen LogP contribution in [0, 0.1) is 5.82 Å². The first-order chi connectivity index (χ1) is 9.63. The monoisotopic (exact) mass is 268 g/mol. The van der Waals surface area contributed by atoms with Crippen molar-refractivity contribution in [2.75, 3.05) is 0 Å². The van der Waals surface area contributed by atoms with Gasteiger partial charge in [-0.05, 0) is 42.5 Å². The molecule has 0 atom stereocenters. The average Bonchev–Trinajstić information content (AvgIpc) is 2.82. The summed E-state index contributed by atoms with van der Waals surface area (Å²) in [5.74, 6) is -0.0510. The summed E-state index contributed by atoms with van der Waals surface area (Å²) < 4.78 is 15.0. The van der Waals surface area contributed by atoms with Gasteiger partial charge in [0, 0.05) is 18.2 Å². The summed E-state index contributed by atoms with van der Waals surface area (Å²) in [6.45, 7) is 0. The summed E-state index contributed by atoms with van der Waals surface area (Å²) >= 11 is 0. The number of phenolic OH excluding ortho intramolecular Hbond substituents is 1. The molecule has 100 valence electrons. The number of nitrogens with zero attached hydrogens (tertiary/aromatic N) is 2. The molecule has 4 heteroatoms. The van der Waals surface area contributed by atoms with Crippen LogP contribution in [0.5, 0.6) is 5.75 Å². The van der Waals surface area contributed by atoms with Gasteiger partial charge >= 0.3 is 0 Å². The van der Waals surface area contributed by atoms with Crippen LogP contribution < -0.4 is 0 Å². The predicted octanol–water partition coefficient (Wildman–Crippen LogP) is 3.60. The van der Waals surface area contributed by atoms with Crippen molar-refractivity contribution in [3.05, 3.63) is 60.4 Å². The molecule has 3 nitrogen and oxygen atoms in total. The maximum absolute atomic E-state index is 13.3. The highest BCUT2D eigenvalue weighted by Crippen LogP contribution is 2.26. The Morgan fingerprint density at radius 3 is 2.45 bits per heavy atom. The van der Waals surface area contributed by atoms with Gasteiger partial charge in [0.1, 0.15) is 11.6 Å². The van der Waals surface area contributed by atoms with E-state index in [-0.39, 0.29) is 11.6 Å². The lowest BCUT2D eigenvalue weighted by molar-refractivity contribution is 0.475. The normalized spacial score (nSPS) is 10.7. The second-order valence-corrected chi connectivity index (χ2v) is 4.60. The zero-order chi connectivity index (χ0) is 14.1. The molecule has 2 aromatic carbocycles. The van der Waals surface area contributed by atoms with Crippen LogP contribution in [0.3, 0.4) is 0 Å². The first kappa shape index (κ1) is 12.4. The molecule has 0 saturated heterocycles. The highest BCUT2D eigenvalue weighted by molar-refractivity contribution is 5.69. The maximum atomic E-state index is 13.3. The van der Waals surface area contributed by atoms with Crippen LogP contribution in [0.15, 0.2) is 54.6 Å². The zero-order valence-corrected chi connectivity index (χ0v) is 10.9. The lowest BCUT2D eigenvalue weighted by Crippen LogP contribution is -1.94. The minimum Gasteiger partial charge on any atom is -0.508 e. The number of hydrogen-bond acceptors (Lipinski definition) is 2. The number of aryl methyl sites for hydroxylation is 1. The van der Waals surface area contributed by atoms with E-state index in [1.807, 2.05) is 19.2 Å². The van der Waals surface area contributed by atoms with E-state index in [4.69, 9.17) is 0 Å². The van der Waals surface area contributed by atoms with E-state index in [9.17, 15) is 9.50 Å². The van der Waals surface area contributed by atoms with Crippen LogP contribution >= 0.6 is 0 Å². The summed E-state index contributed by atoms with van der Waals surface area (Å²) in [4.78, 5) is 0. The molecule has 0 unspecified atom stereocenters. The lowest BCUT2D eigenvalue weighted by atomic mass is 10.1. The van der Waals surface area contributed by atoms with E-state index >= 15 is 0 Å². The molecule has 3 rings (SSSR count). The van der Waals surface area contributed by atoms with Gasteiger partial charge in [-0.1, -0.05) is 12.1 Å². The molecule has 0 amide bonds. The molecule has 0 radical (unpaired) electrons. The number of rotatable bonds is 2.